The molecule has 0 unspecified atom stereocenters. The highest BCUT2D eigenvalue weighted by molar-refractivity contribution is 7.24. The Hall–Kier alpha value is -2.08. The molecule has 4 aromatic rings. The standard InChI is InChI=1S/C42H64Si6/c1-36(34-47(37-26-18-14-19-27-37,38-28-20-15-21-29-38)41(43(2,3)4)44(5,6)7)35-48(39-30-22-16-23-31-39,40-32-24-17-25-33-40)42(45(8,9)10)46(11,12)13/h14-34,41-42H,35H2,1-13H3. The maximum Gasteiger partial charge on any atom is 0.139 e. The van der Waals surface area contributed by atoms with Gasteiger partial charge in [-0.25, -0.2) is 0 Å². The lowest BCUT2D eigenvalue weighted by Gasteiger charge is -2.53. The third-order valence-corrected chi connectivity index (χ3v) is 53.2. The third-order valence-electron chi connectivity index (χ3n) is 10.5. The van der Waals surface area contributed by atoms with Gasteiger partial charge in [0.25, 0.3) is 0 Å². The Balaban J connectivity index is 2.19. The minimum Gasteiger partial charge on any atom is -0.0874 e. The Morgan fingerprint density at radius 1 is 0.417 bits per heavy atom. The maximum absolute atomic E-state index is 2.98. The second-order valence-electron chi connectivity index (χ2n) is 18.8. The van der Waals surface area contributed by atoms with Crippen molar-refractivity contribution in [2.24, 2.45) is 0 Å². The molecule has 0 atom stereocenters. The fourth-order valence-electron chi connectivity index (χ4n) is 10.8. The van der Waals surface area contributed by atoms with Crippen LogP contribution in [0.15, 0.2) is 133 Å². The molecule has 0 aliphatic rings. The van der Waals surface area contributed by atoms with Crippen LogP contribution in [0.25, 0.3) is 0 Å². The minimum atomic E-state index is -2.43. The molecule has 0 saturated heterocycles. The van der Waals surface area contributed by atoms with Crippen molar-refractivity contribution < 1.29 is 0 Å². The van der Waals surface area contributed by atoms with Gasteiger partial charge in [-0.2, -0.15) is 0 Å². The van der Waals surface area contributed by atoms with Crippen molar-refractivity contribution in [2.45, 2.75) is 101 Å². The van der Waals surface area contributed by atoms with E-state index in [1.807, 2.05) is 0 Å². The van der Waals surface area contributed by atoms with Crippen molar-refractivity contribution in [3.05, 3.63) is 133 Å². The summed E-state index contributed by atoms with van der Waals surface area (Å²) in [5.74, 6) is 0. The minimum absolute atomic E-state index is 0.742. The first kappa shape index (κ1) is 38.7. The molecule has 0 fully saturated rings. The molecule has 6 heteroatoms. The molecule has 0 radical (unpaired) electrons. The van der Waals surface area contributed by atoms with Crippen molar-refractivity contribution in [2.75, 3.05) is 0 Å². The molecule has 0 aliphatic carbocycles. The van der Waals surface area contributed by atoms with E-state index < -0.39 is 48.4 Å². The van der Waals surface area contributed by atoms with Crippen molar-refractivity contribution in [1.82, 2.24) is 0 Å². The largest absolute Gasteiger partial charge is 0.139 e. The molecule has 0 spiro atoms. The van der Waals surface area contributed by atoms with Gasteiger partial charge >= 0.3 is 0 Å². The van der Waals surface area contributed by atoms with Crippen LogP contribution in [0, 0.1) is 0 Å². The van der Waals surface area contributed by atoms with Gasteiger partial charge in [0.05, 0.1) is 0 Å². The maximum atomic E-state index is 2.98. The summed E-state index contributed by atoms with van der Waals surface area (Å²) < 4.78 is 0. The van der Waals surface area contributed by atoms with E-state index in [9.17, 15) is 0 Å². The summed E-state index contributed by atoms with van der Waals surface area (Å²) in [5, 5.41) is 6.47. The van der Waals surface area contributed by atoms with Gasteiger partial charge in [0, 0.05) is 32.3 Å². The lowest BCUT2D eigenvalue weighted by atomic mass is 10.4. The van der Waals surface area contributed by atoms with Gasteiger partial charge in [-0.15, -0.1) is 0 Å². The van der Waals surface area contributed by atoms with Crippen LogP contribution in [0.5, 0.6) is 0 Å². The zero-order chi connectivity index (χ0) is 35.6. The average Bonchev–Trinajstić information content (AvgIpc) is 2.99. The monoisotopic (exact) mass is 736 g/mol. The summed E-state index contributed by atoms with van der Waals surface area (Å²) in [6, 6.07) is 48.7. The first-order valence-electron chi connectivity index (χ1n) is 18.2. The van der Waals surface area contributed by atoms with E-state index in [-0.39, 0.29) is 0 Å². The molecule has 0 heterocycles. The summed E-state index contributed by atoms with van der Waals surface area (Å²) >= 11 is 0. The predicted octanol–water partition coefficient (Wildman–Crippen LogP) is 10.2. The number of hydrogen-bond acceptors (Lipinski definition) is 0. The van der Waals surface area contributed by atoms with Gasteiger partial charge in [0.1, 0.15) is 16.1 Å². The summed E-state index contributed by atoms with van der Waals surface area (Å²) in [5.41, 5.74) is 4.62. The van der Waals surface area contributed by atoms with Crippen molar-refractivity contribution in [3.63, 3.8) is 0 Å². The SMILES string of the molecule is CC(=C[Si](c1ccccc1)(c1ccccc1)C([Si](C)(C)C)[Si](C)(C)C)C[Si](c1ccccc1)(c1ccccc1)C([Si](C)(C)C)[Si](C)(C)C. The summed E-state index contributed by atoms with van der Waals surface area (Å²) in [7, 11) is -11.4. The Morgan fingerprint density at radius 2 is 0.688 bits per heavy atom. The number of rotatable bonds is 13. The fraction of sp³-hybridized carbons (Fsp3) is 0.381. The van der Waals surface area contributed by atoms with Crippen molar-refractivity contribution in [1.29, 1.82) is 0 Å². The van der Waals surface area contributed by atoms with Crippen LogP contribution in [-0.2, 0) is 0 Å². The van der Waals surface area contributed by atoms with Crippen molar-refractivity contribution >= 4 is 69.2 Å². The number of allylic oxidation sites excluding steroid dienone is 1. The van der Waals surface area contributed by atoms with Gasteiger partial charge in [-0.3, -0.25) is 0 Å². The zero-order valence-corrected chi connectivity index (χ0v) is 38.5. The first-order valence-corrected chi connectivity index (χ1v) is 36.9. The lowest BCUT2D eigenvalue weighted by molar-refractivity contribution is 1.27. The van der Waals surface area contributed by atoms with Crippen LogP contribution >= 0.6 is 0 Å². The lowest BCUT2D eigenvalue weighted by Crippen LogP contribution is -2.72. The van der Waals surface area contributed by atoms with Crippen LogP contribution in [0.3, 0.4) is 0 Å². The van der Waals surface area contributed by atoms with Gasteiger partial charge in [-0.05, 0) is 22.5 Å². The second-order valence-corrected chi connectivity index (χ2v) is 51.3. The molecule has 4 aromatic carbocycles. The van der Waals surface area contributed by atoms with E-state index in [1.165, 1.54) is 6.04 Å². The first-order chi connectivity index (χ1) is 22.3. The highest BCUT2D eigenvalue weighted by atomic mass is 28.5. The third kappa shape index (κ3) is 8.10. The second kappa shape index (κ2) is 14.6. The van der Waals surface area contributed by atoms with Gasteiger partial charge < -0.3 is 0 Å². The molecule has 0 amide bonds. The van der Waals surface area contributed by atoms with Gasteiger partial charge in [0.2, 0.25) is 0 Å². The van der Waals surface area contributed by atoms with E-state index in [1.54, 1.807) is 26.3 Å². The molecular weight excluding hydrogens is 673 g/mol. The Kier molecular flexibility index (Phi) is 11.8. The van der Waals surface area contributed by atoms with E-state index in [4.69, 9.17) is 0 Å². The van der Waals surface area contributed by atoms with Crippen LogP contribution in [0.2, 0.25) is 94.2 Å². The summed E-state index contributed by atoms with van der Waals surface area (Å²) in [6.07, 6.45) is 0. The molecule has 4 rings (SSSR count). The Morgan fingerprint density at radius 3 is 0.958 bits per heavy atom. The van der Waals surface area contributed by atoms with Gasteiger partial charge in [0.15, 0.2) is 0 Å². The van der Waals surface area contributed by atoms with E-state index in [0.717, 1.165) is 9.58 Å². The average molecular weight is 737 g/mol. The Bertz CT molecular complexity index is 1510. The zero-order valence-electron chi connectivity index (χ0n) is 32.5. The quantitative estimate of drug-likeness (QED) is 0.120. The van der Waals surface area contributed by atoms with Crippen LogP contribution in [0.4, 0.5) is 0 Å². The number of benzene rings is 4. The molecule has 0 bridgehead atoms. The molecule has 0 aromatic heterocycles. The topological polar surface area (TPSA) is 0 Å². The Labute approximate surface area is 301 Å². The molecular formula is C42H64Si6. The molecule has 0 aliphatic heterocycles. The number of hydrogen-bond donors (Lipinski definition) is 0. The molecule has 48 heavy (non-hydrogen) atoms. The summed E-state index contributed by atoms with van der Waals surface area (Å²) in [6.45, 7) is 34.7. The smallest absolute Gasteiger partial charge is 0.0874 e. The molecule has 256 valence electrons. The van der Waals surface area contributed by atoms with E-state index >= 15 is 0 Å². The highest BCUT2D eigenvalue weighted by Gasteiger charge is 2.57. The van der Waals surface area contributed by atoms with Gasteiger partial charge in [-0.1, -0.05) is 232 Å². The van der Waals surface area contributed by atoms with E-state index in [0.29, 0.717) is 0 Å². The highest BCUT2D eigenvalue weighted by Crippen LogP contribution is 2.45. The normalized spacial score (nSPS) is 14.1. The molecule has 0 saturated carbocycles. The summed E-state index contributed by atoms with van der Waals surface area (Å²) in [4.78, 5) is 1.52. The van der Waals surface area contributed by atoms with E-state index in [2.05, 4.69) is 213 Å². The molecule has 0 nitrogen and oxygen atoms in total. The fourth-order valence-corrected chi connectivity index (χ4v) is 67.7. The van der Waals surface area contributed by atoms with Crippen molar-refractivity contribution in [3.8, 4) is 0 Å². The van der Waals surface area contributed by atoms with Crippen LogP contribution < -0.4 is 20.7 Å². The van der Waals surface area contributed by atoms with Crippen LogP contribution in [-0.4, -0.2) is 48.4 Å². The van der Waals surface area contributed by atoms with Crippen LogP contribution in [0.1, 0.15) is 6.92 Å². The predicted molar refractivity (Wildman–Crippen MR) is 235 cm³/mol. The molecule has 0 N–H and O–H groups in total.